The number of allylic oxidation sites excluding steroid dienone is 4. The molecule has 0 heterocycles. The smallest absolute Gasteiger partial charge is 0.240 e. The molecule has 0 aliphatic rings. The monoisotopic (exact) mass is 351 g/mol. The van der Waals surface area contributed by atoms with Crippen molar-refractivity contribution < 1.29 is 9.63 Å². The molecule has 1 atom stereocenters. The Labute approximate surface area is 132 Å². The van der Waals surface area contributed by atoms with Gasteiger partial charge in [-0.25, -0.2) is 5.43 Å². The number of carbonyl (C=O) groups excluding carboxylic acids is 1. The Bertz CT molecular complexity index is 541. The van der Waals surface area contributed by atoms with Crippen molar-refractivity contribution in [3.63, 3.8) is 0 Å². The number of nitrogens with one attached hydrogen (secondary N) is 2. The largest absolute Gasteiger partial charge is 0.394 e. The van der Waals surface area contributed by atoms with E-state index in [2.05, 4.69) is 33.5 Å². The van der Waals surface area contributed by atoms with Gasteiger partial charge in [-0.15, -0.1) is 0 Å². The molecule has 1 aromatic rings. The molecule has 5 nitrogen and oxygen atoms in total. The van der Waals surface area contributed by atoms with Crippen LogP contribution in [0.25, 0.3) is 0 Å². The van der Waals surface area contributed by atoms with E-state index in [1.54, 1.807) is 30.4 Å². The van der Waals surface area contributed by atoms with E-state index in [1.807, 2.05) is 25.1 Å². The fraction of sp³-hybridized carbons (Fsp3) is 0.133. The molecule has 1 amide bonds. The van der Waals surface area contributed by atoms with Crippen LogP contribution in [0, 0.1) is 0 Å². The fourth-order valence-corrected chi connectivity index (χ4v) is 1.61. The van der Waals surface area contributed by atoms with Gasteiger partial charge in [-0.3, -0.25) is 4.79 Å². The third kappa shape index (κ3) is 6.40. The summed E-state index contributed by atoms with van der Waals surface area (Å²) in [6.07, 6.45) is 5.20. The van der Waals surface area contributed by atoms with Gasteiger partial charge in [0.1, 0.15) is 11.8 Å². The highest BCUT2D eigenvalue weighted by Crippen LogP contribution is 2.11. The molecule has 0 aliphatic carbocycles. The maximum Gasteiger partial charge on any atom is 0.240 e. The summed E-state index contributed by atoms with van der Waals surface area (Å²) < 4.78 is 0.720. The minimum atomic E-state index is -0.695. The summed E-state index contributed by atoms with van der Waals surface area (Å²) in [5, 5.41) is 0. The zero-order chi connectivity index (χ0) is 15.7. The predicted octanol–water partition coefficient (Wildman–Crippen LogP) is 2.61. The fourth-order valence-electron chi connectivity index (χ4n) is 1.47. The summed E-state index contributed by atoms with van der Waals surface area (Å²) in [5.41, 5.74) is 11.4. The van der Waals surface area contributed by atoms with Crippen molar-refractivity contribution in [2.24, 2.45) is 5.73 Å². The van der Waals surface area contributed by atoms with Gasteiger partial charge in [0, 0.05) is 4.48 Å². The molecule has 0 fully saturated rings. The molecular formula is C15H18BrN3O2. The minimum absolute atomic E-state index is 0.510. The third-order valence-corrected chi connectivity index (χ3v) is 2.77. The van der Waals surface area contributed by atoms with Crippen molar-refractivity contribution in [2.45, 2.75) is 13.0 Å². The van der Waals surface area contributed by atoms with Gasteiger partial charge in [0.2, 0.25) is 5.91 Å². The van der Waals surface area contributed by atoms with Gasteiger partial charge in [-0.2, -0.15) is 0 Å². The number of nitrogens with two attached hydrogens (primary N) is 1. The highest BCUT2D eigenvalue weighted by atomic mass is 79.9. The van der Waals surface area contributed by atoms with Gasteiger partial charge in [-0.05, 0) is 30.7 Å². The van der Waals surface area contributed by atoms with Crippen molar-refractivity contribution in [3.05, 3.63) is 70.9 Å². The second kappa shape index (κ2) is 9.12. The van der Waals surface area contributed by atoms with Gasteiger partial charge in [-0.1, -0.05) is 58.4 Å². The first kappa shape index (κ1) is 17.2. The topological polar surface area (TPSA) is 76.4 Å². The highest BCUT2D eigenvalue weighted by molar-refractivity contribution is 9.11. The van der Waals surface area contributed by atoms with E-state index >= 15 is 0 Å². The lowest BCUT2D eigenvalue weighted by molar-refractivity contribution is -0.121. The standard InChI is InChI=1S/C15H18BrN3O2/c1-3-13(10-9-11(2)16)21-19-18-14(15(17)20)12-7-5-4-6-8-12/h3-10,14,18-19H,2H2,1H3,(H2,17,20)/b10-9-,13-3+. The van der Waals surface area contributed by atoms with Gasteiger partial charge in [0.15, 0.2) is 0 Å². The van der Waals surface area contributed by atoms with E-state index in [4.69, 9.17) is 10.6 Å². The first-order valence-electron chi connectivity index (χ1n) is 6.25. The Balaban J connectivity index is 2.59. The normalized spacial score (nSPS) is 13.1. The van der Waals surface area contributed by atoms with E-state index in [1.165, 1.54) is 0 Å². The first-order valence-corrected chi connectivity index (χ1v) is 7.04. The van der Waals surface area contributed by atoms with Gasteiger partial charge in [0.25, 0.3) is 0 Å². The first-order chi connectivity index (χ1) is 10.0. The molecule has 1 aromatic carbocycles. The van der Waals surface area contributed by atoms with E-state index in [-0.39, 0.29) is 0 Å². The number of carbonyl (C=O) groups is 1. The summed E-state index contributed by atoms with van der Waals surface area (Å²) in [6, 6.07) is 8.43. The number of rotatable bonds is 8. The van der Waals surface area contributed by atoms with Crippen LogP contribution in [0.2, 0.25) is 0 Å². The van der Waals surface area contributed by atoms with Gasteiger partial charge in [0.05, 0.1) is 0 Å². The molecule has 0 saturated carbocycles. The maximum atomic E-state index is 11.5. The molecule has 0 radical (unpaired) electrons. The molecule has 1 unspecified atom stereocenters. The zero-order valence-corrected chi connectivity index (χ0v) is 13.3. The average molecular weight is 352 g/mol. The lowest BCUT2D eigenvalue weighted by atomic mass is 10.1. The number of hydrogen-bond donors (Lipinski definition) is 3. The Hall–Kier alpha value is -1.89. The molecule has 6 heteroatoms. The molecule has 0 bridgehead atoms. The van der Waals surface area contributed by atoms with Crippen LogP contribution in [-0.2, 0) is 9.63 Å². The quantitative estimate of drug-likeness (QED) is 0.382. The molecular weight excluding hydrogens is 334 g/mol. The summed E-state index contributed by atoms with van der Waals surface area (Å²) in [5.74, 6) is 0.0445. The van der Waals surface area contributed by atoms with Crippen LogP contribution in [0.15, 0.2) is 65.4 Å². The average Bonchev–Trinajstić information content (AvgIpc) is 2.47. The van der Waals surface area contributed by atoms with Crippen LogP contribution in [-0.4, -0.2) is 5.91 Å². The van der Waals surface area contributed by atoms with Crippen molar-refractivity contribution in [2.75, 3.05) is 0 Å². The van der Waals surface area contributed by atoms with Crippen LogP contribution in [0.1, 0.15) is 18.5 Å². The second-order valence-corrected chi connectivity index (χ2v) is 5.08. The molecule has 0 aromatic heterocycles. The Kier molecular flexibility index (Phi) is 7.45. The lowest BCUT2D eigenvalue weighted by Crippen LogP contribution is -2.41. The SMILES string of the molecule is C=C(Br)/C=C\C(=C/C)ONNC(C(N)=O)c1ccccc1. The molecule has 112 valence electrons. The molecule has 1 rings (SSSR count). The van der Waals surface area contributed by atoms with Gasteiger partial charge < -0.3 is 10.6 Å². The van der Waals surface area contributed by atoms with Crippen molar-refractivity contribution in [1.29, 1.82) is 0 Å². The van der Waals surface area contributed by atoms with Crippen LogP contribution in [0.3, 0.4) is 0 Å². The van der Waals surface area contributed by atoms with Crippen LogP contribution >= 0.6 is 15.9 Å². The number of hydrazine groups is 1. The third-order valence-electron chi connectivity index (χ3n) is 2.50. The van der Waals surface area contributed by atoms with Crippen LogP contribution in [0.5, 0.6) is 0 Å². The molecule has 21 heavy (non-hydrogen) atoms. The Morgan fingerprint density at radius 2 is 2.05 bits per heavy atom. The van der Waals surface area contributed by atoms with Crippen molar-refractivity contribution in [3.8, 4) is 0 Å². The van der Waals surface area contributed by atoms with Crippen LogP contribution < -0.4 is 16.7 Å². The maximum absolute atomic E-state index is 11.5. The molecule has 0 saturated heterocycles. The summed E-state index contributed by atoms with van der Waals surface area (Å²) in [6.45, 7) is 5.50. The Morgan fingerprint density at radius 3 is 2.57 bits per heavy atom. The van der Waals surface area contributed by atoms with Crippen molar-refractivity contribution in [1.82, 2.24) is 11.0 Å². The summed E-state index contributed by atoms with van der Waals surface area (Å²) in [4.78, 5) is 16.8. The second-order valence-electron chi connectivity index (χ2n) is 4.07. The van der Waals surface area contributed by atoms with E-state index in [9.17, 15) is 4.79 Å². The molecule has 0 aliphatic heterocycles. The minimum Gasteiger partial charge on any atom is -0.394 e. The Morgan fingerprint density at radius 1 is 1.38 bits per heavy atom. The zero-order valence-electron chi connectivity index (χ0n) is 11.7. The van der Waals surface area contributed by atoms with Crippen molar-refractivity contribution >= 4 is 21.8 Å². The van der Waals surface area contributed by atoms with E-state index in [0.29, 0.717) is 5.76 Å². The highest BCUT2D eigenvalue weighted by Gasteiger charge is 2.16. The number of halogens is 1. The van der Waals surface area contributed by atoms with Crippen LogP contribution in [0.4, 0.5) is 0 Å². The number of benzene rings is 1. The number of primary amides is 1. The summed E-state index contributed by atoms with van der Waals surface area (Å²) >= 11 is 3.21. The molecule has 0 spiro atoms. The summed E-state index contributed by atoms with van der Waals surface area (Å²) in [7, 11) is 0. The lowest BCUT2D eigenvalue weighted by Gasteiger charge is -2.16. The predicted molar refractivity (Wildman–Crippen MR) is 86.7 cm³/mol. The number of hydrogen-bond acceptors (Lipinski definition) is 4. The van der Waals surface area contributed by atoms with E-state index in [0.717, 1.165) is 10.0 Å². The molecule has 4 N–H and O–H groups in total. The number of amides is 1. The van der Waals surface area contributed by atoms with Gasteiger partial charge >= 0.3 is 0 Å². The van der Waals surface area contributed by atoms with E-state index < -0.39 is 11.9 Å².